The third kappa shape index (κ3) is 3.89. The van der Waals surface area contributed by atoms with Crippen LogP contribution in [0.3, 0.4) is 0 Å². The Balaban J connectivity index is 2.00. The van der Waals surface area contributed by atoms with Crippen LogP contribution in [0.25, 0.3) is 28.3 Å². The van der Waals surface area contributed by atoms with Crippen LogP contribution in [0.4, 0.5) is 17.6 Å². The summed E-state index contributed by atoms with van der Waals surface area (Å²) in [6, 6.07) is 9.30. The van der Waals surface area contributed by atoms with E-state index in [1.54, 1.807) is 0 Å². The van der Waals surface area contributed by atoms with Crippen molar-refractivity contribution in [1.82, 2.24) is 14.9 Å². The van der Waals surface area contributed by atoms with Crippen LogP contribution in [0.1, 0.15) is 16.1 Å². The molecule has 4 aromatic rings. The minimum Gasteiger partial charge on any atom is -0.355 e. The molecule has 12 heteroatoms. The Hall–Kier alpha value is -2.82. The number of hydrogen-bond donors (Lipinski definition) is 1. The molecule has 0 aliphatic carbocycles. The Labute approximate surface area is 192 Å². The molecule has 0 fully saturated rings. The molecule has 0 saturated heterocycles. The predicted molar refractivity (Wildman–Crippen MR) is 113 cm³/mol. The molecular formula is C20H9Cl2F4N3O2S. The van der Waals surface area contributed by atoms with Crippen LogP contribution in [-0.4, -0.2) is 20.1 Å². The molecule has 0 N–H and O–H groups in total. The molecule has 2 aromatic heterocycles. The normalized spacial score (nSPS) is 11.7. The third-order valence-corrected chi connectivity index (χ3v) is 5.21. The molecule has 4 rings (SSSR count). The predicted octanol–water partition coefficient (Wildman–Crippen LogP) is 6.73. The smallest absolute Gasteiger partial charge is 0.355 e. The van der Waals surface area contributed by atoms with Crippen molar-refractivity contribution in [3.8, 4) is 28.3 Å². The molecular weight excluding hydrogens is 493 g/mol. The largest absolute Gasteiger partial charge is 0.434 e. The molecule has 2 heterocycles. The Morgan fingerprint density at radius 3 is 2.47 bits per heavy atom. The molecule has 0 bridgehead atoms. The van der Waals surface area contributed by atoms with E-state index in [0.29, 0.717) is 4.68 Å². The number of alkyl halides is 3. The standard InChI is InChI=1S/C20H9Cl2F4N3O2S/c21-9-3-1-4-10(7-9)29-18(20(24,25)26)11(8-27-29)17-15(19(30)32)16(28-31-17)14-12(22)5-2-6-13(14)23/h1-8H,(H,30,32). The maximum absolute atomic E-state index is 14.4. The molecule has 2 aromatic carbocycles. The van der Waals surface area contributed by atoms with Crippen molar-refractivity contribution < 1.29 is 26.9 Å². The van der Waals surface area contributed by atoms with Crippen molar-refractivity contribution in [1.29, 1.82) is 0 Å². The zero-order chi connectivity index (χ0) is 23.2. The number of rotatable bonds is 4. The highest BCUT2D eigenvalue weighted by molar-refractivity contribution is 7.97. The van der Waals surface area contributed by atoms with E-state index in [4.69, 9.17) is 27.7 Å². The minimum absolute atomic E-state index is 0.0201. The summed E-state index contributed by atoms with van der Waals surface area (Å²) in [6.45, 7) is 0. The summed E-state index contributed by atoms with van der Waals surface area (Å²) >= 11 is 15.7. The van der Waals surface area contributed by atoms with Crippen molar-refractivity contribution >= 4 is 40.9 Å². The van der Waals surface area contributed by atoms with E-state index in [0.717, 1.165) is 12.3 Å². The number of benzene rings is 2. The van der Waals surface area contributed by atoms with E-state index in [9.17, 15) is 22.4 Å². The van der Waals surface area contributed by atoms with Crippen LogP contribution >= 0.6 is 35.8 Å². The maximum atomic E-state index is 14.4. The summed E-state index contributed by atoms with van der Waals surface area (Å²) in [5.41, 5.74) is -3.01. The second-order valence-electron chi connectivity index (χ2n) is 6.43. The second-order valence-corrected chi connectivity index (χ2v) is 7.68. The van der Waals surface area contributed by atoms with Crippen molar-refractivity contribution in [2.75, 3.05) is 0 Å². The van der Waals surface area contributed by atoms with Crippen LogP contribution in [-0.2, 0) is 6.18 Å². The highest BCUT2D eigenvalue weighted by Crippen LogP contribution is 2.43. The Bertz CT molecular complexity index is 1330. The summed E-state index contributed by atoms with van der Waals surface area (Å²) in [5, 5.41) is 6.50. The van der Waals surface area contributed by atoms with Crippen LogP contribution in [0.2, 0.25) is 10.0 Å². The van der Waals surface area contributed by atoms with Crippen LogP contribution in [0.5, 0.6) is 0 Å². The first-order valence-corrected chi connectivity index (χ1v) is 9.88. The third-order valence-electron chi connectivity index (χ3n) is 4.44. The fourth-order valence-electron chi connectivity index (χ4n) is 3.16. The van der Waals surface area contributed by atoms with Crippen molar-refractivity contribution in [2.24, 2.45) is 0 Å². The van der Waals surface area contributed by atoms with Gasteiger partial charge >= 0.3 is 6.18 Å². The maximum Gasteiger partial charge on any atom is 0.434 e. The quantitative estimate of drug-likeness (QED) is 0.248. The first-order valence-electron chi connectivity index (χ1n) is 8.68. The van der Waals surface area contributed by atoms with Crippen LogP contribution in [0, 0.1) is 5.82 Å². The SMILES string of the molecule is O=C(S)c1c(-c2c(F)cccc2Cl)noc1-c1cnn(-c2cccc(Cl)c2)c1C(F)(F)F. The number of carbonyl (C=O) groups excluding carboxylic acids is 1. The van der Waals surface area contributed by atoms with E-state index in [2.05, 4.69) is 22.9 Å². The summed E-state index contributed by atoms with van der Waals surface area (Å²) in [6.07, 6.45) is -4.06. The topological polar surface area (TPSA) is 60.9 Å². The monoisotopic (exact) mass is 501 g/mol. The van der Waals surface area contributed by atoms with Crippen molar-refractivity contribution in [3.05, 3.63) is 75.8 Å². The Morgan fingerprint density at radius 2 is 1.84 bits per heavy atom. The Kier molecular flexibility index (Phi) is 5.78. The van der Waals surface area contributed by atoms with Gasteiger partial charge in [0.05, 0.1) is 28.0 Å². The summed E-state index contributed by atoms with van der Waals surface area (Å²) in [5.74, 6) is -1.43. The molecule has 164 valence electrons. The van der Waals surface area contributed by atoms with Gasteiger partial charge in [0.2, 0.25) is 5.12 Å². The van der Waals surface area contributed by atoms with E-state index >= 15 is 0 Å². The number of halogens is 6. The lowest BCUT2D eigenvalue weighted by Gasteiger charge is -2.12. The van der Waals surface area contributed by atoms with E-state index in [1.165, 1.54) is 36.4 Å². The number of nitrogens with zero attached hydrogens (tertiary/aromatic N) is 3. The molecule has 0 amide bonds. The van der Waals surface area contributed by atoms with E-state index in [-0.39, 0.29) is 27.0 Å². The van der Waals surface area contributed by atoms with Crippen LogP contribution in [0.15, 0.2) is 53.2 Å². The van der Waals surface area contributed by atoms with Gasteiger partial charge in [-0.3, -0.25) is 4.79 Å². The van der Waals surface area contributed by atoms with Gasteiger partial charge < -0.3 is 4.52 Å². The highest BCUT2D eigenvalue weighted by atomic mass is 35.5. The molecule has 0 aliphatic heterocycles. The van der Waals surface area contributed by atoms with Gasteiger partial charge in [-0.2, -0.15) is 18.3 Å². The van der Waals surface area contributed by atoms with Crippen molar-refractivity contribution in [3.63, 3.8) is 0 Å². The van der Waals surface area contributed by atoms with Gasteiger partial charge in [-0.05, 0) is 30.3 Å². The summed E-state index contributed by atoms with van der Waals surface area (Å²) in [7, 11) is 0. The molecule has 32 heavy (non-hydrogen) atoms. The van der Waals surface area contributed by atoms with Gasteiger partial charge in [-0.15, -0.1) is 12.6 Å². The fraction of sp³-hybridized carbons (Fsp3) is 0.0500. The minimum atomic E-state index is -4.92. The van der Waals surface area contributed by atoms with Gasteiger partial charge in [0.1, 0.15) is 17.1 Å². The first kappa shape index (κ1) is 22.4. The molecule has 0 aliphatic rings. The second kappa shape index (κ2) is 8.27. The van der Waals surface area contributed by atoms with E-state index < -0.39 is 39.7 Å². The van der Waals surface area contributed by atoms with Gasteiger partial charge in [0.25, 0.3) is 0 Å². The van der Waals surface area contributed by atoms with Crippen molar-refractivity contribution in [2.45, 2.75) is 6.18 Å². The van der Waals surface area contributed by atoms with Crippen LogP contribution < -0.4 is 0 Å². The average molecular weight is 502 g/mol. The molecule has 0 saturated carbocycles. The molecule has 0 radical (unpaired) electrons. The average Bonchev–Trinajstić information content (AvgIpc) is 3.32. The van der Waals surface area contributed by atoms with Gasteiger partial charge in [-0.1, -0.05) is 40.5 Å². The lowest BCUT2D eigenvalue weighted by atomic mass is 10.0. The van der Waals surface area contributed by atoms with Gasteiger partial charge in [0, 0.05) is 5.02 Å². The van der Waals surface area contributed by atoms with Gasteiger partial charge in [-0.25, -0.2) is 9.07 Å². The molecule has 0 spiro atoms. The Morgan fingerprint density at radius 1 is 1.12 bits per heavy atom. The zero-order valence-electron chi connectivity index (χ0n) is 15.5. The lowest BCUT2D eigenvalue weighted by molar-refractivity contribution is -0.142. The highest BCUT2D eigenvalue weighted by Gasteiger charge is 2.41. The van der Waals surface area contributed by atoms with E-state index in [1.807, 2.05) is 0 Å². The molecule has 0 atom stereocenters. The molecule has 0 unspecified atom stereocenters. The summed E-state index contributed by atoms with van der Waals surface area (Å²) < 4.78 is 62.3. The number of thiol groups is 1. The zero-order valence-corrected chi connectivity index (χ0v) is 17.9. The number of hydrogen-bond acceptors (Lipinski definition) is 4. The number of aromatic nitrogens is 3. The van der Waals surface area contributed by atoms with Gasteiger partial charge in [0.15, 0.2) is 11.5 Å². The first-order chi connectivity index (χ1) is 15.1. The number of carbonyl (C=O) groups is 1. The molecule has 5 nitrogen and oxygen atoms in total. The summed E-state index contributed by atoms with van der Waals surface area (Å²) in [4.78, 5) is 12.3. The fourth-order valence-corrected chi connectivity index (χ4v) is 3.80. The lowest BCUT2D eigenvalue weighted by Crippen LogP contribution is -2.14.